The number of carbonyl (C=O) groups is 3. The molecule has 0 aromatic carbocycles. The average Bonchev–Trinajstić information content (AvgIpc) is 3.72. The van der Waals surface area contributed by atoms with Crippen LogP contribution in [0, 0.1) is 67.5 Å². The molecule has 55 heavy (non-hydrogen) atoms. The van der Waals surface area contributed by atoms with Crippen LogP contribution in [0.2, 0.25) is 0 Å². The Morgan fingerprint density at radius 2 is 1.73 bits per heavy atom. The maximum Gasteiger partial charge on any atom is 0.309 e. The van der Waals surface area contributed by atoms with Gasteiger partial charge in [-0.25, -0.2) is 4.98 Å². The molecular formula is C44H58N4O7. The van der Waals surface area contributed by atoms with E-state index < -0.39 is 28.9 Å². The lowest BCUT2D eigenvalue weighted by molar-refractivity contribution is -0.235. The molecule has 5 aliphatic rings. The van der Waals surface area contributed by atoms with Crippen molar-refractivity contribution in [1.29, 1.82) is 5.26 Å². The molecule has 11 nitrogen and oxygen atoms in total. The van der Waals surface area contributed by atoms with Gasteiger partial charge in [-0.05, 0) is 128 Å². The average molecular weight is 755 g/mol. The SMILES string of the molecule is CC(C)C1=C2[C@H]3CC[C@@H]4[C@@]5(C)CC[C@H](OC(=O)CC(C)(C)C(=O)O)C(C)(C)[C@@H]5CC[C@@]4(C)[C@]3(C)CC[C@@]2(C(O)c2nnc(-c3ccc(C#N)cn3)o2)CC1=O. The van der Waals surface area contributed by atoms with Crippen molar-refractivity contribution in [2.45, 2.75) is 139 Å². The van der Waals surface area contributed by atoms with E-state index in [1.165, 1.54) is 6.20 Å². The van der Waals surface area contributed by atoms with Crippen LogP contribution in [0.1, 0.15) is 144 Å². The fourth-order valence-electron chi connectivity index (χ4n) is 13.1. The molecule has 9 atom stereocenters. The number of aliphatic hydroxyl groups excluding tert-OH is 1. The van der Waals surface area contributed by atoms with Gasteiger partial charge in [0.1, 0.15) is 24.0 Å². The lowest BCUT2D eigenvalue weighted by atomic mass is 9.33. The van der Waals surface area contributed by atoms with E-state index in [0.717, 1.165) is 56.1 Å². The number of allylic oxidation sites excluding steroid dienone is 1. The van der Waals surface area contributed by atoms with E-state index in [4.69, 9.17) is 9.15 Å². The largest absolute Gasteiger partial charge is 0.481 e. The summed E-state index contributed by atoms with van der Waals surface area (Å²) in [5.41, 5.74) is 0.306. The Kier molecular flexibility index (Phi) is 9.35. The monoisotopic (exact) mass is 754 g/mol. The molecule has 5 aliphatic carbocycles. The summed E-state index contributed by atoms with van der Waals surface area (Å²) in [6.45, 7) is 19.2. The summed E-state index contributed by atoms with van der Waals surface area (Å²) in [6.07, 6.45) is 7.13. The first-order chi connectivity index (χ1) is 25.7. The standard InChI is InChI=1S/C44H58N4O7/c1-24(2)33-28(49)20-44(35(51)37-48-47-36(55-37)27-12-10-25(22-45)23-46-27)19-18-42(8)26(34(33)44)11-13-30-41(7)16-15-31(54-32(50)21-39(3,4)38(52)53)40(5,6)29(41)14-17-43(30,42)9/h10,12,23-24,26,29-31,35,51H,11,13-21H2,1-9H3,(H,52,53)/t26-,29+,30-,31+,35?,41+,42-,43-,44-/m1/s1. The zero-order valence-electron chi connectivity index (χ0n) is 34.0. The molecular weight excluding hydrogens is 697 g/mol. The number of pyridine rings is 1. The Bertz CT molecular complexity index is 1970. The second kappa shape index (κ2) is 13.1. The van der Waals surface area contributed by atoms with Crippen LogP contribution in [-0.4, -0.2) is 49.2 Å². The van der Waals surface area contributed by atoms with Crippen molar-refractivity contribution in [2.24, 2.45) is 56.2 Å². The van der Waals surface area contributed by atoms with E-state index >= 15 is 0 Å². The van der Waals surface area contributed by atoms with Crippen LogP contribution in [0.3, 0.4) is 0 Å². The highest BCUT2D eigenvalue weighted by atomic mass is 16.5. The van der Waals surface area contributed by atoms with Crippen molar-refractivity contribution in [3.63, 3.8) is 0 Å². The minimum Gasteiger partial charge on any atom is -0.481 e. The van der Waals surface area contributed by atoms with Crippen LogP contribution in [0.25, 0.3) is 11.6 Å². The molecule has 11 heteroatoms. The number of aromatic nitrogens is 3. The van der Waals surface area contributed by atoms with Crippen molar-refractivity contribution < 1.29 is 33.8 Å². The lowest BCUT2D eigenvalue weighted by Gasteiger charge is -2.72. The molecule has 2 aromatic rings. The molecule has 0 bridgehead atoms. The molecule has 296 valence electrons. The van der Waals surface area contributed by atoms with Crippen LogP contribution >= 0.6 is 0 Å². The molecule has 2 N–H and O–H groups in total. The van der Waals surface area contributed by atoms with E-state index in [-0.39, 0.29) is 70.0 Å². The summed E-state index contributed by atoms with van der Waals surface area (Å²) in [4.78, 5) is 43.3. The van der Waals surface area contributed by atoms with Crippen LogP contribution in [0.5, 0.6) is 0 Å². The first-order valence-electron chi connectivity index (χ1n) is 20.2. The number of hydrogen-bond donors (Lipinski definition) is 2. The fourth-order valence-corrected chi connectivity index (χ4v) is 13.1. The minimum atomic E-state index is -1.19. The van der Waals surface area contributed by atoms with Gasteiger partial charge in [0.2, 0.25) is 5.89 Å². The number of aliphatic carboxylic acids is 1. The predicted octanol–water partition coefficient (Wildman–Crippen LogP) is 8.43. The van der Waals surface area contributed by atoms with Gasteiger partial charge < -0.3 is 19.4 Å². The molecule has 4 fully saturated rings. The smallest absolute Gasteiger partial charge is 0.309 e. The second-order valence-corrected chi connectivity index (χ2v) is 19.9. The summed E-state index contributed by atoms with van der Waals surface area (Å²) >= 11 is 0. The predicted molar refractivity (Wildman–Crippen MR) is 203 cm³/mol. The zero-order chi connectivity index (χ0) is 40.1. The number of ketones is 1. The van der Waals surface area contributed by atoms with Gasteiger partial charge in [-0.3, -0.25) is 14.4 Å². The summed E-state index contributed by atoms with van der Waals surface area (Å²) < 4.78 is 12.3. The van der Waals surface area contributed by atoms with Crippen LogP contribution in [0.4, 0.5) is 0 Å². The second-order valence-electron chi connectivity index (χ2n) is 19.9. The highest BCUT2D eigenvalue weighted by Gasteiger charge is 2.71. The fraction of sp³-hybridized carbons (Fsp3) is 0.705. The number of carboxylic acids is 1. The van der Waals surface area contributed by atoms with E-state index in [1.54, 1.807) is 26.0 Å². The van der Waals surface area contributed by atoms with Crippen molar-refractivity contribution >= 4 is 17.7 Å². The van der Waals surface area contributed by atoms with Crippen molar-refractivity contribution in [1.82, 2.24) is 15.2 Å². The molecule has 0 amide bonds. The third-order valence-electron chi connectivity index (χ3n) is 16.2. The Morgan fingerprint density at radius 1 is 1.00 bits per heavy atom. The number of carboxylic acid groups (broad SMARTS) is 1. The first-order valence-corrected chi connectivity index (χ1v) is 20.2. The summed E-state index contributed by atoms with van der Waals surface area (Å²) in [7, 11) is 0. The van der Waals surface area contributed by atoms with Gasteiger partial charge in [-0.15, -0.1) is 10.2 Å². The van der Waals surface area contributed by atoms with E-state index in [2.05, 4.69) is 69.7 Å². The Hall–Kier alpha value is -3.91. The molecule has 0 saturated heterocycles. The summed E-state index contributed by atoms with van der Waals surface area (Å²) in [6, 6.07) is 5.33. The Balaban J connectivity index is 1.19. The third kappa shape index (κ3) is 5.74. The van der Waals surface area contributed by atoms with Gasteiger partial charge >= 0.3 is 11.9 Å². The number of rotatable bonds is 8. The number of ether oxygens (including phenoxy) is 1. The normalized spacial score (nSPS) is 35.9. The number of hydrogen-bond acceptors (Lipinski definition) is 10. The van der Waals surface area contributed by atoms with Crippen LogP contribution in [-0.2, 0) is 19.1 Å². The number of nitrogens with zero attached hydrogens (tertiary/aromatic N) is 4. The number of carbonyl (C=O) groups excluding carboxylic acids is 2. The number of fused-ring (bicyclic) bond motifs is 7. The number of aliphatic hydroxyl groups is 1. The van der Waals surface area contributed by atoms with Crippen LogP contribution < -0.4 is 0 Å². The molecule has 2 heterocycles. The van der Waals surface area contributed by atoms with Gasteiger partial charge in [0.05, 0.1) is 17.4 Å². The molecule has 7 rings (SSSR count). The summed E-state index contributed by atoms with van der Waals surface area (Å²) in [5, 5.41) is 39.7. The summed E-state index contributed by atoms with van der Waals surface area (Å²) in [5.74, 6) is -0.280. The molecule has 2 aromatic heterocycles. The van der Waals surface area contributed by atoms with Crippen LogP contribution in [0.15, 0.2) is 33.9 Å². The third-order valence-corrected chi connectivity index (χ3v) is 16.2. The molecule has 0 radical (unpaired) electrons. The lowest BCUT2D eigenvalue weighted by Crippen LogP contribution is -2.66. The Morgan fingerprint density at radius 3 is 2.36 bits per heavy atom. The first kappa shape index (κ1) is 39.3. The zero-order valence-corrected chi connectivity index (χ0v) is 34.0. The minimum absolute atomic E-state index is 0.00124. The van der Waals surface area contributed by atoms with E-state index in [9.17, 15) is 29.9 Å². The topological polar surface area (TPSA) is 176 Å². The van der Waals surface area contributed by atoms with Crippen molar-refractivity contribution in [3.05, 3.63) is 40.9 Å². The highest BCUT2D eigenvalue weighted by Crippen LogP contribution is 2.77. The van der Waals surface area contributed by atoms with Gasteiger partial charge in [-0.2, -0.15) is 5.26 Å². The molecule has 0 spiro atoms. The quantitative estimate of drug-likeness (QED) is 0.247. The van der Waals surface area contributed by atoms with E-state index in [0.29, 0.717) is 29.5 Å². The van der Waals surface area contributed by atoms with Gasteiger partial charge in [-0.1, -0.05) is 48.5 Å². The number of nitriles is 1. The highest BCUT2D eigenvalue weighted by molar-refractivity contribution is 6.00. The van der Waals surface area contributed by atoms with Gasteiger partial charge in [0.25, 0.3) is 5.89 Å². The van der Waals surface area contributed by atoms with Crippen molar-refractivity contribution in [2.75, 3.05) is 0 Å². The maximum atomic E-state index is 14.1. The van der Waals surface area contributed by atoms with Gasteiger partial charge in [0, 0.05) is 23.4 Å². The number of Topliss-reactive ketones (excluding diaryl/α,β-unsaturated/α-hetero) is 1. The molecule has 1 unspecified atom stereocenters. The molecule has 4 saturated carbocycles. The maximum absolute atomic E-state index is 14.1. The van der Waals surface area contributed by atoms with E-state index in [1.807, 2.05) is 0 Å². The molecule has 0 aliphatic heterocycles. The van der Waals surface area contributed by atoms with Crippen molar-refractivity contribution in [3.8, 4) is 17.7 Å². The van der Waals surface area contributed by atoms with Gasteiger partial charge in [0.15, 0.2) is 5.78 Å². The number of esters is 1. The Labute approximate surface area is 324 Å².